The summed E-state index contributed by atoms with van der Waals surface area (Å²) >= 11 is 1.64. The van der Waals surface area contributed by atoms with Crippen LogP contribution in [0.1, 0.15) is 23.7 Å². The van der Waals surface area contributed by atoms with Crippen LogP contribution in [0.5, 0.6) is 0 Å². The van der Waals surface area contributed by atoms with Crippen LogP contribution in [0.2, 0.25) is 0 Å². The molecule has 14 heavy (non-hydrogen) atoms. The van der Waals surface area contributed by atoms with Gasteiger partial charge in [0, 0.05) is 23.5 Å². The molecule has 74 valence electrons. The Balaban J connectivity index is 2.05. The highest BCUT2D eigenvalue weighted by molar-refractivity contribution is 7.09. The zero-order valence-electron chi connectivity index (χ0n) is 8.11. The SMILES string of the molecule is Cc1cnc(NC(C)c2nccs2)[nH]1. The van der Waals surface area contributed by atoms with Crippen molar-refractivity contribution in [2.45, 2.75) is 19.9 Å². The van der Waals surface area contributed by atoms with E-state index in [4.69, 9.17) is 0 Å². The Morgan fingerprint density at radius 1 is 1.50 bits per heavy atom. The molecule has 0 aromatic carbocycles. The summed E-state index contributed by atoms with van der Waals surface area (Å²) < 4.78 is 0. The van der Waals surface area contributed by atoms with E-state index in [1.54, 1.807) is 17.5 Å². The molecule has 0 saturated carbocycles. The smallest absolute Gasteiger partial charge is 0.200 e. The van der Waals surface area contributed by atoms with Crippen molar-refractivity contribution in [3.8, 4) is 0 Å². The number of hydrogen-bond donors (Lipinski definition) is 2. The molecular weight excluding hydrogens is 196 g/mol. The van der Waals surface area contributed by atoms with E-state index in [2.05, 4.69) is 27.2 Å². The highest BCUT2D eigenvalue weighted by Crippen LogP contribution is 2.18. The topological polar surface area (TPSA) is 53.6 Å². The number of hydrogen-bond acceptors (Lipinski definition) is 4. The van der Waals surface area contributed by atoms with Crippen LogP contribution in [0, 0.1) is 6.92 Å². The van der Waals surface area contributed by atoms with E-state index in [0.29, 0.717) is 0 Å². The van der Waals surface area contributed by atoms with Gasteiger partial charge in [0.25, 0.3) is 0 Å². The van der Waals surface area contributed by atoms with Gasteiger partial charge in [-0.3, -0.25) is 0 Å². The van der Waals surface area contributed by atoms with Gasteiger partial charge in [-0.05, 0) is 13.8 Å². The van der Waals surface area contributed by atoms with Crippen LogP contribution in [0.3, 0.4) is 0 Å². The second-order valence-electron chi connectivity index (χ2n) is 3.15. The first kappa shape index (κ1) is 9.21. The van der Waals surface area contributed by atoms with Crippen LogP contribution in [0.15, 0.2) is 17.8 Å². The maximum Gasteiger partial charge on any atom is 0.200 e. The average Bonchev–Trinajstić information content (AvgIpc) is 2.75. The Labute approximate surface area is 86.4 Å². The molecule has 0 fully saturated rings. The summed E-state index contributed by atoms with van der Waals surface area (Å²) in [4.78, 5) is 11.5. The number of H-pyrrole nitrogens is 1. The van der Waals surface area contributed by atoms with Crippen LogP contribution in [0.4, 0.5) is 5.95 Å². The average molecular weight is 208 g/mol. The van der Waals surface area contributed by atoms with Gasteiger partial charge in [-0.2, -0.15) is 0 Å². The molecule has 0 saturated heterocycles. The third-order valence-corrected chi connectivity index (χ3v) is 2.84. The third kappa shape index (κ3) is 1.93. The van der Waals surface area contributed by atoms with Gasteiger partial charge in [-0.25, -0.2) is 9.97 Å². The molecule has 0 aliphatic rings. The largest absolute Gasteiger partial charge is 0.347 e. The number of aromatic nitrogens is 3. The number of aryl methyl sites for hydroxylation is 1. The predicted octanol–water partition coefficient (Wildman–Crippen LogP) is 2.35. The lowest BCUT2D eigenvalue weighted by molar-refractivity contribution is 0.853. The lowest BCUT2D eigenvalue weighted by Gasteiger charge is -2.09. The number of anilines is 1. The molecule has 0 bridgehead atoms. The number of nitrogens with zero attached hydrogens (tertiary/aromatic N) is 2. The number of thiazole rings is 1. The molecule has 2 rings (SSSR count). The summed E-state index contributed by atoms with van der Waals surface area (Å²) in [6.07, 6.45) is 3.61. The molecule has 0 radical (unpaired) electrons. The third-order valence-electron chi connectivity index (χ3n) is 1.88. The molecule has 2 aromatic rings. The second-order valence-corrected chi connectivity index (χ2v) is 4.08. The molecule has 2 N–H and O–H groups in total. The highest BCUT2D eigenvalue weighted by Gasteiger charge is 2.08. The molecule has 1 atom stereocenters. The molecule has 0 spiro atoms. The fraction of sp³-hybridized carbons (Fsp3) is 0.333. The molecule has 5 heteroatoms. The lowest BCUT2D eigenvalue weighted by Crippen LogP contribution is -2.07. The van der Waals surface area contributed by atoms with Crippen molar-refractivity contribution in [1.82, 2.24) is 15.0 Å². The van der Waals surface area contributed by atoms with Gasteiger partial charge < -0.3 is 10.3 Å². The highest BCUT2D eigenvalue weighted by atomic mass is 32.1. The minimum Gasteiger partial charge on any atom is -0.347 e. The number of nitrogens with one attached hydrogen (secondary N) is 2. The summed E-state index contributed by atoms with van der Waals surface area (Å²) in [5.74, 6) is 0.796. The van der Waals surface area contributed by atoms with Crippen molar-refractivity contribution in [2.75, 3.05) is 5.32 Å². The van der Waals surface area contributed by atoms with E-state index < -0.39 is 0 Å². The van der Waals surface area contributed by atoms with Crippen molar-refractivity contribution < 1.29 is 0 Å². The fourth-order valence-electron chi connectivity index (χ4n) is 1.20. The summed E-state index contributed by atoms with van der Waals surface area (Å²) in [7, 11) is 0. The molecule has 0 amide bonds. The van der Waals surface area contributed by atoms with Crippen LogP contribution in [-0.4, -0.2) is 15.0 Å². The van der Waals surface area contributed by atoms with Crippen LogP contribution < -0.4 is 5.32 Å². The first-order valence-electron chi connectivity index (χ1n) is 4.43. The van der Waals surface area contributed by atoms with Gasteiger partial charge in [-0.1, -0.05) is 0 Å². The molecule has 0 aliphatic heterocycles. The molecule has 4 nitrogen and oxygen atoms in total. The molecule has 0 aliphatic carbocycles. The molecule has 1 unspecified atom stereocenters. The van der Waals surface area contributed by atoms with E-state index in [0.717, 1.165) is 16.6 Å². The normalized spacial score (nSPS) is 12.7. The van der Waals surface area contributed by atoms with Gasteiger partial charge in [0.05, 0.1) is 6.04 Å². The monoisotopic (exact) mass is 208 g/mol. The van der Waals surface area contributed by atoms with Gasteiger partial charge in [0.15, 0.2) is 0 Å². The van der Waals surface area contributed by atoms with Crippen molar-refractivity contribution in [1.29, 1.82) is 0 Å². The summed E-state index contributed by atoms with van der Waals surface area (Å²) in [5, 5.41) is 6.29. The van der Waals surface area contributed by atoms with Crippen molar-refractivity contribution in [3.05, 3.63) is 28.5 Å². The number of imidazole rings is 1. The van der Waals surface area contributed by atoms with Crippen molar-refractivity contribution in [3.63, 3.8) is 0 Å². The van der Waals surface area contributed by atoms with Crippen LogP contribution in [0.25, 0.3) is 0 Å². The minimum atomic E-state index is 0.195. The standard InChI is InChI=1S/C9H12N4S/c1-6-5-11-9(12-6)13-7(2)8-10-3-4-14-8/h3-5,7H,1-2H3,(H2,11,12,13). The van der Waals surface area contributed by atoms with Crippen molar-refractivity contribution in [2.24, 2.45) is 0 Å². The Morgan fingerprint density at radius 2 is 2.36 bits per heavy atom. The zero-order valence-corrected chi connectivity index (χ0v) is 8.93. The van der Waals surface area contributed by atoms with Crippen molar-refractivity contribution >= 4 is 17.3 Å². The Bertz CT molecular complexity index is 393. The second kappa shape index (κ2) is 3.79. The number of rotatable bonds is 3. The van der Waals surface area contributed by atoms with E-state index in [-0.39, 0.29) is 6.04 Å². The number of aromatic amines is 1. The molecule has 2 aromatic heterocycles. The maximum absolute atomic E-state index is 4.23. The predicted molar refractivity (Wildman–Crippen MR) is 57.5 cm³/mol. The first-order chi connectivity index (χ1) is 6.75. The Kier molecular flexibility index (Phi) is 2.49. The van der Waals surface area contributed by atoms with Gasteiger partial charge in [0.2, 0.25) is 5.95 Å². The molecular formula is C9H12N4S. The van der Waals surface area contributed by atoms with E-state index in [9.17, 15) is 0 Å². The Morgan fingerprint density at radius 3 is 2.93 bits per heavy atom. The maximum atomic E-state index is 4.23. The fourth-order valence-corrected chi connectivity index (χ4v) is 1.85. The van der Waals surface area contributed by atoms with Gasteiger partial charge >= 0.3 is 0 Å². The van der Waals surface area contributed by atoms with Gasteiger partial charge in [0.1, 0.15) is 5.01 Å². The van der Waals surface area contributed by atoms with E-state index in [1.807, 2.05) is 18.5 Å². The lowest BCUT2D eigenvalue weighted by atomic mass is 10.4. The summed E-state index contributed by atoms with van der Waals surface area (Å²) in [5.41, 5.74) is 1.05. The quantitative estimate of drug-likeness (QED) is 0.814. The van der Waals surface area contributed by atoms with Gasteiger partial charge in [-0.15, -0.1) is 11.3 Å². The first-order valence-corrected chi connectivity index (χ1v) is 5.31. The zero-order chi connectivity index (χ0) is 9.97. The summed E-state index contributed by atoms with van der Waals surface area (Å²) in [6.45, 7) is 4.04. The summed E-state index contributed by atoms with van der Waals surface area (Å²) in [6, 6.07) is 0.195. The Hall–Kier alpha value is -1.36. The van der Waals surface area contributed by atoms with Crippen LogP contribution in [-0.2, 0) is 0 Å². The molecule has 2 heterocycles. The van der Waals surface area contributed by atoms with E-state index >= 15 is 0 Å². The minimum absolute atomic E-state index is 0.195. The van der Waals surface area contributed by atoms with E-state index in [1.165, 1.54) is 0 Å². The van der Waals surface area contributed by atoms with Crippen LogP contribution >= 0.6 is 11.3 Å².